The van der Waals surface area contributed by atoms with Crippen molar-refractivity contribution in [3.05, 3.63) is 77.0 Å². The van der Waals surface area contributed by atoms with Gasteiger partial charge in [0.15, 0.2) is 5.78 Å². The van der Waals surface area contributed by atoms with E-state index >= 15 is 0 Å². The van der Waals surface area contributed by atoms with Crippen LogP contribution in [0, 0.1) is 0 Å². The van der Waals surface area contributed by atoms with Gasteiger partial charge in [-0.2, -0.15) is 0 Å². The molecule has 2 aromatic rings. The number of hydrogen-bond donors (Lipinski definition) is 0. The third kappa shape index (κ3) is 2.14. The van der Waals surface area contributed by atoms with Crippen LogP contribution in [0.5, 0.6) is 0 Å². The minimum absolute atomic E-state index is 0.110. The first-order valence-corrected chi connectivity index (χ1v) is 6.76. The highest BCUT2D eigenvalue weighted by Crippen LogP contribution is 2.31. The second-order valence-corrected chi connectivity index (χ2v) is 5.33. The first kappa shape index (κ1) is 12.7. The Bertz CT molecular complexity index is 698. The summed E-state index contributed by atoms with van der Waals surface area (Å²) < 4.78 is 0. The number of allylic oxidation sites excluding steroid dienone is 1. The predicted molar refractivity (Wildman–Crippen MR) is 81.7 cm³/mol. The average molecular weight is 263 g/mol. The van der Waals surface area contributed by atoms with E-state index < -0.39 is 0 Å². The number of hydrogen-bond acceptors (Lipinski definition) is 2. The first-order chi connectivity index (χ1) is 9.66. The number of nitrogens with zero attached hydrogens (tertiary/aromatic N) is 1. The van der Waals surface area contributed by atoms with Gasteiger partial charge < -0.3 is 4.90 Å². The molecule has 2 heteroatoms. The fourth-order valence-corrected chi connectivity index (χ4v) is 2.69. The summed E-state index contributed by atoms with van der Waals surface area (Å²) in [6.07, 6.45) is 2.73. The molecule has 0 atom stereocenters. The quantitative estimate of drug-likeness (QED) is 0.735. The summed E-state index contributed by atoms with van der Waals surface area (Å²) in [5, 5.41) is 0. The molecule has 0 aromatic heterocycles. The van der Waals surface area contributed by atoms with Crippen LogP contribution in [-0.2, 0) is 6.42 Å². The maximum atomic E-state index is 12.8. The summed E-state index contributed by atoms with van der Waals surface area (Å²) in [6, 6.07) is 16.1. The van der Waals surface area contributed by atoms with Crippen LogP contribution in [0.25, 0.3) is 5.57 Å². The molecule has 0 heterocycles. The van der Waals surface area contributed by atoms with E-state index in [-0.39, 0.29) is 5.78 Å². The Morgan fingerprint density at radius 2 is 1.45 bits per heavy atom. The zero-order valence-electron chi connectivity index (χ0n) is 11.8. The molecule has 0 saturated carbocycles. The molecule has 100 valence electrons. The van der Waals surface area contributed by atoms with Crippen molar-refractivity contribution in [1.29, 1.82) is 0 Å². The van der Waals surface area contributed by atoms with Crippen LogP contribution in [0.3, 0.4) is 0 Å². The van der Waals surface area contributed by atoms with Gasteiger partial charge >= 0.3 is 0 Å². The minimum Gasteiger partial charge on any atom is -0.383 e. The van der Waals surface area contributed by atoms with Crippen LogP contribution in [0.1, 0.15) is 27.0 Å². The molecule has 0 fully saturated rings. The molecule has 3 rings (SSSR count). The van der Waals surface area contributed by atoms with E-state index in [1.165, 1.54) is 5.56 Å². The summed E-state index contributed by atoms with van der Waals surface area (Å²) >= 11 is 0. The third-order valence-corrected chi connectivity index (χ3v) is 3.58. The predicted octanol–water partition coefficient (Wildman–Crippen LogP) is 3.38. The number of benzene rings is 2. The van der Waals surface area contributed by atoms with E-state index in [2.05, 4.69) is 6.07 Å². The highest BCUT2D eigenvalue weighted by atomic mass is 16.1. The Kier molecular flexibility index (Phi) is 3.15. The molecule has 20 heavy (non-hydrogen) atoms. The molecule has 1 aliphatic carbocycles. The van der Waals surface area contributed by atoms with E-state index in [4.69, 9.17) is 0 Å². The maximum absolute atomic E-state index is 12.8. The van der Waals surface area contributed by atoms with E-state index in [9.17, 15) is 4.79 Å². The van der Waals surface area contributed by atoms with Crippen molar-refractivity contribution in [2.75, 3.05) is 14.1 Å². The van der Waals surface area contributed by atoms with E-state index in [0.29, 0.717) is 0 Å². The fourth-order valence-electron chi connectivity index (χ4n) is 2.69. The lowest BCUT2D eigenvalue weighted by atomic mass is 9.97. The van der Waals surface area contributed by atoms with Gasteiger partial charge in [0, 0.05) is 31.4 Å². The number of rotatable bonds is 1. The summed E-state index contributed by atoms with van der Waals surface area (Å²) in [7, 11) is 3.89. The van der Waals surface area contributed by atoms with Gasteiger partial charge in [-0.1, -0.05) is 48.5 Å². The average Bonchev–Trinajstić information content (AvgIpc) is 2.55. The van der Waals surface area contributed by atoms with Crippen molar-refractivity contribution in [2.45, 2.75) is 6.42 Å². The Balaban J connectivity index is 2.27. The Morgan fingerprint density at radius 3 is 2.10 bits per heavy atom. The van der Waals surface area contributed by atoms with Gasteiger partial charge in [-0.25, -0.2) is 0 Å². The van der Waals surface area contributed by atoms with Crippen molar-refractivity contribution in [3.63, 3.8) is 0 Å². The molecule has 2 nitrogen and oxygen atoms in total. The molecule has 0 spiro atoms. The van der Waals surface area contributed by atoms with Crippen LogP contribution in [0.2, 0.25) is 0 Å². The minimum atomic E-state index is 0.110. The van der Waals surface area contributed by atoms with Crippen LogP contribution >= 0.6 is 0 Å². The molecule has 0 N–H and O–H groups in total. The van der Waals surface area contributed by atoms with Crippen molar-refractivity contribution in [1.82, 2.24) is 4.90 Å². The van der Waals surface area contributed by atoms with Crippen molar-refractivity contribution < 1.29 is 4.79 Å². The number of Topliss-reactive ketones (excluding diaryl/α,β-unsaturated/α-hetero) is 1. The standard InChI is InChI=1S/C18H17NO/c1-19(2)12-17-15-9-5-3-7-13(15)11-14-8-4-6-10-16(14)18(17)20/h3-10,12H,11H2,1-2H3/b17-12+. The third-order valence-electron chi connectivity index (χ3n) is 3.58. The van der Waals surface area contributed by atoms with Crippen molar-refractivity contribution in [2.24, 2.45) is 0 Å². The van der Waals surface area contributed by atoms with Gasteiger partial charge in [0.25, 0.3) is 0 Å². The monoisotopic (exact) mass is 263 g/mol. The molecular weight excluding hydrogens is 246 g/mol. The highest BCUT2D eigenvalue weighted by molar-refractivity contribution is 6.30. The summed E-state index contributed by atoms with van der Waals surface area (Å²) in [6.45, 7) is 0. The molecule has 0 saturated heterocycles. The second-order valence-electron chi connectivity index (χ2n) is 5.33. The molecule has 0 radical (unpaired) electrons. The molecule has 0 bridgehead atoms. The first-order valence-electron chi connectivity index (χ1n) is 6.76. The summed E-state index contributed by atoms with van der Waals surface area (Å²) in [5.41, 5.74) is 4.95. The molecule has 0 amide bonds. The zero-order chi connectivity index (χ0) is 14.1. The smallest absolute Gasteiger partial charge is 0.195 e. The Hall–Kier alpha value is -2.35. The second kappa shape index (κ2) is 4.97. The Morgan fingerprint density at radius 1 is 0.900 bits per heavy atom. The number of ketones is 1. The molecular formula is C18H17NO. The van der Waals surface area contributed by atoms with E-state index in [1.54, 1.807) is 0 Å². The lowest BCUT2D eigenvalue weighted by molar-refractivity contribution is 0.105. The van der Waals surface area contributed by atoms with Crippen molar-refractivity contribution >= 4 is 11.4 Å². The lowest BCUT2D eigenvalue weighted by Crippen LogP contribution is -2.09. The van der Waals surface area contributed by atoms with Crippen LogP contribution in [-0.4, -0.2) is 24.8 Å². The number of carbonyl (C=O) groups excluding carboxylic acids is 1. The van der Waals surface area contributed by atoms with Crippen LogP contribution < -0.4 is 0 Å². The number of fused-ring (bicyclic) bond motifs is 2. The summed E-state index contributed by atoms with van der Waals surface area (Å²) in [5.74, 6) is 0.110. The van der Waals surface area contributed by atoms with E-state index in [0.717, 1.165) is 28.7 Å². The van der Waals surface area contributed by atoms with Crippen molar-refractivity contribution in [3.8, 4) is 0 Å². The molecule has 0 aliphatic heterocycles. The molecule has 2 aromatic carbocycles. The number of carbonyl (C=O) groups is 1. The van der Waals surface area contributed by atoms with Gasteiger partial charge in [0.1, 0.15) is 0 Å². The lowest BCUT2D eigenvalue weighted by Gasteiger charge is -2.12. The maximum Gasteiger partial charge on any atom is 0.195 e. The Labute approximate surface area is 119 Å². The highest BCUT2D eigenvalue weighted by Gasteiger charge is 2.23. The van der Waals surface area contributed by atoms with Gasteiger partial charge in [-0.05, 0) is 23.1 Å². The normalized spacial score (nSPS) is 15.5. The molecule has 1 aliphatic rings. The zero-order valence-corrected chi connectivity index (χ0v) is 11.8. The van der Waals surface area contributed by atoms with Gasteiger partial charge in [0.2, 0.25) is 0 Å². The van der Waals surface area contributed by atoms with Gasteiger partial charge in [-0.15, -0.1) is 0 Å². The van der Waals surface area contributed by atoms with E-state index in [1.807, 2.05) is 67.7 Å². The topological polar surface area (TPSA) is 20.3 Å². The van der Waals surface area contributed by atoms with Crippen LogP contribution in [0.4, 0.5) is 0 Å². The largest absolute Gasteiger partial charge is 0.383 e. The van der Waals surface area contributed by atoms with Gasteiger partial charge in [-0.3, -0.25) is 4.79 Å². The van der Waals surface area contributed by atoms with Gasteiger partial charge in [0.05, 0.1) is 0 Å². The fraction of sp³-hybridized carbons (Fsp3) is 0.167. The SMILES string of the molecule is CN(C)/C=C1/C(=O)c2ccccc2Cc2ccccc21. The summed E-state index contributed by atoms with van der Waals surface area (Å²) in [4.78, 5) is 14.8. The van der Waals surface area contributed by atoms with Crippen LogP contribution in [0.15, 0.2) is 54.7 Å². The molecule has 0 unspecified atom stereocenters.